The smallest absolute Gasteiger partial charge is 0.271 e. The van der Waals surface area contributed by atoms with Crippen molar-refractivity contribution in [1.82, 2.24) is 10.9 Å². The third kappa shape index (κ3) is 6.38. The van der Waals surface area contributed by atoms with E-state index >= 15 is 0 Å². The van der Waals surface area contributed by atoms with Crippen LogP contribution in [-0.2, 0) is 4.79 Å². The first-order valence-corrected chi connectivity index (χ1v) is 8.02. The van der Waals surface area contributed by atoms with Crippen LogP contribution in [0.4, 0.5) is 0 Å². The average molecular weight is 369 g/mol. The molecule has 27 heavy (non-hydrogen) atoms. The Kier molecular flexibility index (Phi) is 7.70. The Morgan fingerprint density at radius 2 is 1.85 bits per heavy atom. The summed E-state index contributed by atoms with van der Waals surface area (Å²) in [6.45, 7) is 0.0655. The Morgan fingerprint density at radius 1 is 1.11 bits per heavy atom. The SMILES string of the molecule is O=C(/C=C/c1ccc(C(=O)N/N=C/c2ccccc2OCCO)cc1)NO. The molecule has 8 nitrogen and oxygen atoms in total. The van der Waals surface area contributed by atoms with Crippen molar-refractivity contribution in [3.8, 4) is 5.75 Å². The highest BCUT2D eigenvalue weighted by Crippen LogP contribution is 2.15. The van der Waals surface area contributed by atoms with E-state index < -0.39 is 11.8 Å². The predicted molar refractivity (Wildman–Crippen MR) is 99.5 cm³/mol. The van der Waals surface area contributed by atoms with E-state index in [0.29, 0.717) is 22.4 Å². The number of carbonyl (C=O) groups excluding carboxylic acids is 2. The van der Waals surface area contributed by atoms with Crippen molar-refractivity contribution in [2.45, 2.75) is 0 Å². The highest BCUT2D eigenvalue weighted by molar-refractivity contribution is 5.95. The molecule has 0 saturated carbocycles. The number of amides is 2. The molecule has 0 aliphatic carbocycles. The topological polar surface area (TPSA) is 120 Å². The molecule has 2 rings (SSSR count). The summed E-state index contributed by atoms with van der Waals surface area (Å²) >= 11 is 0. The van der Waals surface area contributed by atoms with Crippen molar-refractivity contribution in [2.75, 3.05) is 13.2 Å². The minimum absolute atomic E-state index is 0.0991. The average Bonchev–Trinajstić information content (AvgIpc) is 2.71. The summed E-state index contributed by atoms with van der Waals surface area (Å²) in [5.41, 5.74) is 5.65. The van der Waals surface area contributed by atoms with Crippen LogP contribution in [0.2, 0.25) is 0 Å². The number of hydrazone groups is 1. The number of hydrogen-bond donors (Lipinski definition) is 4. The third-order valence-corrected chi connectivity index (χ3v) is 3.35. The van der Waals surface area contributed by atoms with Gasteiger partial charge in [0, 0.05) is 17.2 Å². The second-order valence-corrected chi connectivity index (χ2v) is 5.24. The molecule has 2 aromatic rings. The summed E-state index contributed by atoms with van der Waals surface area (Å²) in [5.74, 6) is -0.495. The number of nitrogens with zero attached hydrogens (tertiary/aromatic N) is 1. The third-order valence-electron chi connectivity index (χ3n) is 3.35. The lowest BCUT2D eigenvalue weighted by Crippen LogP contribution is -2.17. The van der Waals surface area contributed by atoms with Crippen LogP contribution in [0.1, 0.15) is 21.5 Å². The molecule has 0 heterocycles. The van der Waals surface area contributed by atoms with Crippen LogP contribution in [0.5, 0.6) is 5.75 Å². The Hall–Kier alpha value is -3.49. The molecule has 8 heteroatoms. The zero-order valence-electron chi connectivity index (χ0n) is 14.3. The van der Waals surface area contributed by atoms with Crippen molar-refractivity contribution >= 4 is 24.1 Å². The largest absolute Gasteiger partial charge is 0.491 e. The Bertz CT molecular complexity index is 831. The van der Waals surface area contributed by atoms with E-state index in [2.05, 4.69) is 10.5 Å². The van der Waals surface area contributed by atoms with E-state index in [0.717, 1.165) is 6.08 Å². The highest BCUT2D eigenvalue weighted by atomic mass is 16.5. The van der Waals surface area contributed by atoms with Gasteiger partial charge in [-0.3, -0.25) is 14.8 Å². The fourth-order valence-corrected chi connectivity index (χ4v) is 2.05. The second-order valence-electron chi connectivity index (χ2n) is 5.24. The van der Waals surface area contributed by atoms with Crippen LogP contribution < -0.4 is 15.6 Å². The Balaban J connectivity index is 1.97. The molecule has 0 aromatic heterocycles. The fraction of sp³-hybridized carbons (Fsp3) is 0.105. The van der Waals surface area contributed by atoms with Gasteiger partial charge in [-0.2, -0.15) is 5.10 Å². The number of benzene rings is 2. The maximum atomic E-state index is 12.1. The lowest BCUT2D eigenvalue weighted by atomic mass is 10.1. The number of carbonyl (C=O) groups is 2. The van der Waals surface area contributed by atoms with Crippen LogP contribution in [-0.4, -0.2) is 41.6 Å². The Morgan fingerprint density at radius 3 is 2.56 bits per heavy atom. The predicted octanol–water partition coefficient (Wildman–Crippen LogP) is 1.34. The van der Waals surface area contributed by atoms with Crippen LogP contribution >= 0.6 is 0 Å². The van der Waals surface area contributed by atoms with Gasteiger partial charge in [-0.25, -0.2) is 10.9 Å². The molecule has 0 spiro atoms. The number of para-hydroxylation sites is 1. The summed E-state index contributed by atoms with van der Waals surface area (Å²) in [6, 6.07) is 13.6. The van der Waals surface area contributed by atoms with Crippen molar-refractivity contribution in [3.05, 3.63) is 71.3 Å². The molecule has 0 fully saturated rings. The van der Waals surface area contributed by atoms with Crippen LogP contribution in [0.15, 0.2) is 59.7 Å². The van der Waals surface area contributed by atoms with Gasteiger partial charge in [0.1, 0.15) is 12.4 Å². The first-order chi connectivity index (χ1) is 13.1. The molecule has 0 saturated heterocycles. The van der Waals surface area contributed by atoms with Crippen LogP contribution in [0.25, 0.3) is 6.08 Å². The molecule has 0 atom stereocenters. The van der Waals surface area contributed by atoms with E-state index in [1.54, 1.807) is 48.5 Å². The number of hydroxylamine groups is 1. The molecular weight excluding hydrogens is 350 g/mol. The standard InChI is InChI=1S/C19H19N3O5/c23-11-12-27-17-4-2-1-3-16(17)13-20-21-19(25)15-8-5-14(6-9-15)7-10-18(24)22-26/h1-10,13,23,26H,11-12H2,(H,21,25)(H,22,24)/b10-7+,20-13+. The van der Waals surface area contributed by atoms with E-state index in [1.807, 2.05) is 0 Å². The lowest BCUT2D eigenvalue weighted by Gasteiger charge is -2.07. The maximum Gasteiger partial charge on any atom is 0.271 e. The molecule has 0 radical (unpaired) electrons. The first-order valence-electron chi connectivity index (χ1n) is 8.02. The van der Waals surface area contributed by atoms with E-state index in [-0.39, 0.29) is 13.2 Å². The van der Waals surface area contributed by atoms with Gasteiger partial charge in [0.25, 0.3) is 11.8 Å². The number of rotatable bonds is 8. The monoisotopic (exact) mass is 369 g/mol. The Labute approximate surface area is 155 Å². The van der Waals surface area contributed by atoms with Crippen molar-refractivity contribution < 1.29 is 24.6 Å². The molecular formula is C19H19N3O5. The number of hydrogen-bond acceptors (Lipinski definition) is 6. The number of aliphatic hydroxyl groups excluding tert-OH is 1. The summed E-state index contributed by atoms with van der Waals surface area (Å²) < 4.78 is 5.39. The number of aliphatic hydroxyl groups is 1. The summed E-state index contributed by atoms with van der Waals surface area (Å²) in [5, 5.41) is 21.2. The zero-order valence-corrected chi connectivity index (χ0v) is 14.3. The van der Waals surface area contributed by atoms with Crippen molar-refractivity contribution in [3.63, 3.8) is 0 Å². The van der Waals surface area contributed by atoms with E-state index in [4.69, 9.17) is 15.1 Å². The van der Waals surface area contributed by atoms with Gasteiger partial charge in [-0.05, 0) is 35.9 Å². The summed E-state index contributed by atoms with van der Waals surface area (Å²) in [6.07, 6.45) is 4.11. The molecule has 4 N–H and O–H groups in total. The van der Waals surface area contributed by atoms with Crippen molar-refractivity contribution in [1.29, 1.82) is 0 Å². The molecule has 2 aromatic carbocycles. The molecule has 0 unspecified atom stereocenters. The minimum atomic E-state index is -0.644. The highest BCUT2D eigenvalue weighted by Gasteiger charge is 2.04. The molecule has 140 valence electrons. The quantitative estimate of drug-likeness (QED) is 0.242. The van der Waals surface area contributed by atoms with E-state index in [9.17, 15) is 9.59 Å². The van der Waals surface area contributed by atoms with E-state index in [1.165, 1.54) is 17.8 Å². The number of nitrogens with one attached hydrogen (secondary N) is 2. The van der Waals surface area contributed by atoms with Crippen LogP contribution in [0.3, 0.4) is 0 Å². The van der Waals surface area contributed by atoms with Gasteiger partial charge in [0.15, 0.2) is 0 Å². The summed E-state index contributed by atoms with van der Waals surface area (Å²) in [4.78, 5) is 23.0. The number of ether oxygens (including phenoxy) is 1. The van der Waals surface area contributed by atoms with Gasteiger partial charge >= 0.3 is 0 Å². The van der Waals surface area contributed by atoms with Gasteiger partial charge in [-0.1, -0.05) is 24.3 Å². The second kappa shape index (κ2) is 10.5. The first kappa shape index (κ1) is 19.8. The fourth-order valence-electron chi connectivity index (χ4n) is 2.05. The molecule has 0 aliphatic rings. The van der Waals surface area contributed by atoms with Crippen molar-refractivity contribution in [2.24, 2.45) is 5.10 Å². The van der Waals surface area contributed by atoms with Gasteiger partial charge < -0.3 is 9.84 Å². The molecule has 0 bridgehead atoms. The van der Waals surface area contributed by atoms with Crippen LogP contribution in [0, 0.1) is 0 Å². The van der Waals surface area contributed by atoms with Gasteiger partial charge in [0.2, 0.25) is 0 Å². The normalized spacial score (nSPS) is 10.9. The summed E-state index contributed by atoms with van der Waals surface area (Å²) in [7, 11) is 0. The van der Waals surface area contributed by atoms with Gasteiger partial charge in [-0.15, -0.1) is 0 Å². The minimum Gasteiger partial charge on any atom is -0.491 e. The maximum absolute atomic E-state index is 12.1. The molecule has 0 aliphatic heterocycles. The zero-order chi connectivity index (χ0) is 19.5. The molecule has 2 amide bonds. The lowest BCUT2D eigenvalue weighted by molar-refractivity contribution is -0.124. The van der Waals surface area contributed by atoms with Gasteiger partial charge in [0.05, 0.1) is 12.8 Å².